The van der Waals surface area contributed by atoms with Crippen molar-refractivity contribution in [1.82, 2.24) is 24.2 Å². The van der Waals surface area contributed by atoms with E-state index in [1.807, 2.05) is 43.5 Å². The molecule has 0 radical (unpaired) electrons. The van der Waals surface area contributed by atoms with Crippen LogP contribution < -0.4 is 14.4 Å². The molecule has 1 aliphatic heterocycles. The highest BCUT2D eigenvalue weighted by atomic mass is 32.2. The van der Waals surface area contributed by atoms with Gasteiger partial charge in [-0.15, -0.1) is 0 Å². The van der Waals surface area contributed by atoms with Crippen LogP contribution in [-0.2, 0) is 30.6 Å². The third-order valence-electron chi connectivity index (χ3n) is 8.63. The highest BCUT2D eigenvalue weighted by Crippen LogP contribution is 2.52. The number of aromatic nitrogens is 4. The number of nitrogens with zero attached hydrogens (tertiary/aromatic N) is 5. The van der Waals surface area contributed by atoms with Crippen LogP contribution in [0.15, 0.2) is 55.0 Å². The standard InChI is InChI=1S/C33H38N6O3S/c1-32(2,3)43(41)37-30-26-10-6-5-8-23(26)19-33(30)13-16-38(17-14-33)31-28(21-40)36-24(20-34-31)9-7-15-39-22-35-27-18-25(42-4)11-12-29(27)39/h5-6,8,10-12,18,20,22,30,37,40H,13-17,19,21H2,1-4H3/t30-,43?/m1/s1. The van der Waals surface area contributed by atoms with Crippen molar-refractivity contribution in [2.24, 2.45) is 5.41 Å². The highest BCUT2D eigenvalue weighted by Gasteiger charge is 2.49. The zero-order valence-corrected chi connectivity index (χ0v) is 25.9. The van der Waals surface area contributed by atoms with Crippen LogP contribution in [0.4, 0.5) is 5.82 Å². The van der Waals surface area contributed by atoms with Gasteiger partial charge in [0.1, 0.15) is 17.1 Å². The van der Waals surface area contributed by atoms with Gasteiger partial charge >= 0.3 is 0 Å². The molecule has 224 valence electrons. The maximum Gasteiger partial charge on any atom is 0.152 e. The fraction of sp³-hybridized carbons (Fsp3) is 0.424. The average Bonchev–Trinajstić information content (AvgIpc) is 3.55. The first kappa shape index (κ1) is 29.3. The van der Waals surface area contributed by atoms with Crippen LogP contribution >= 0.6 is 0 Å². The summed E-state index contributed by atoms with van der Waals surface area (Å²) in [5, 5.41) is 10.2. The quantitative estimate of drug-likeness (QED) is 0.319. The van der Waals surface area contributed by atoms with E-state index in [-0.39, 0.29) is 22.8 Å². The van der Waals surface area contributed by atoms with E-state index in [0.29, 0.717) is 23.8 Å². The third kappa shape index (κ3) is 5.77. The molecule has 4 aromatic rings. The van der Waals surface area contributed by atoms with Crippen molar-refractivity contribution < 1.29 is 14.1 Å². The second kappa shape index (κ2) is 11.7. The maximum absolute atomic E-state index is 13.2. The van der Waals surface area contributed by atoms with Gasteiger partial charge in [0.2, 0.25) is 0 Å². The number of benzene rings is 2. The molecule has 10 heteroatoms. The summed E-state index contributed by atoms with van der Waals surface area (Å²) in [6, 6.07) is 14.3. The summed E-state index contributed by atoms with van der Waals surface area (Å²) in [6.45, 7) is 7.81. The maximum atomic E-state index is 13.2. The molecule has 1 spiro atoms. The predicted molar refractivity (Wildman–Crippen MR) is 169 cm³/mol. The average molecular weight is 599 g/mol. The van der Waals surface area contributed by atoms with Crippen molar-refractivity contribution in [2.75, 3.05) is 25.1 Å². The number of methoxy groups -OCH3 is 1. The predicted octanol–water partition coefficient (Wildman–Crippen LogP) is 4.31. The van der Waals surface area contributed by atoms with Gasteiger partial charge < -0.3 is 19.3 Å². The van der Waals surface area contributed by atoms with Gasteiger partial charge in [-0.05, 0) is 74.6 Å². The Kier molecular flexibility index (Phi) is 7.98. The lowest BCUT2D eigenvalue weighted by molar-refractivity contribution is 0.177. The van der Waals surface area contributed by atoms with Gasteiger partial charge in [0.05, 0.1) is 65.6 Å². The van der Waals surface area contributed by atoms with Crippen molar-refractivity contribution in [3.63, 3.8) is 0 Å². The lowest BCUT2D eigenvalue weighted by atomic mass is 9.73. The molecule has 1 saturated heterocycles. The molecule has 2 aromatic heterocycles. The molecular formula is C33H38N6O3S. The minimum absolute atomic E-state index is 0.0258. The Morgan fingerprint density at radius 2 is 1.95 bits per heavy atom. The van der Waals surface area contributed by atoms with Crippen molar-refractivity contribution in [1.29, 1.82) is 0 Å². The number of fused-ring (bicyclic) bond motifs is 2. The van der Waals surface area contributed by atoms with E-state index in [1.54, 1.807) is 19.6 Å². The van der Waals surface area contributed by atoms with Crippen molar-refractivity contribution in [3.05, 3.63) is 77.5 Å². The monoisotopic (exact) mass is 598 g/mol. The first-order chi connectivity index (χ1) is 20.7. The van der Waals surface area contributed by atoms with Gasteiger partial charge in [-0.1, -0.05) is 30.2 Å². The van der Waals surface area contributed by atoms with Crippen LogP contribution in [0.1, 0.15) is 62.2 Å². The first-order valence-electron chi connectivity index (χ1n) is 14.7. The van der Waals surface area contributed by atoms with Crippen LogP contribution in [0.5, 0.6) is 5.75 Å². The normalized spacial score (nSPS) is 18.3. The number of imidazole rings is 1. The van der Waals surface area contributed by atoms with Crippen LogP contribution in [-0.4, -0.2) is 53.8 Å². The van der Waals surface area contributed by atoms with Gasteiger partial charge in [-0.3, -0.25) is 0 Å². The molecule has 6 rings (SSSR count). The van der Waals surface area contributed by atoms with Gasteiger partial charge in [0, 0.05) is 19.2 Å². The Bertz CT molecular complexity index is 1730. The Morgan fingerprint density at radius 3 is 2.70 bits per heavy atom. The van der Waals surface area contributed by atoms with Crippen LogP contribution in [0.2, 0.25) is 0 Å². The Hall–Kier alpha value is -3.78. The number of aliphatic hydroxyl groups excluding tert-OH is 1. The molecule has 2 aromatic carbocycles. The number of nitrogens with one attached hydrogen (secondary N) is 1. The highest BCUT2D eigenvalue weighted by molar-refractivity contribution is 7.84. The van der Waals surface area contributed by atoms with E-state index in [0.717, 1.165) is 49.1 Å². The summed E-state index contributed by atoms with van der Waals surface area (Å²) < 4.78 is 23.6. The van der Waals surface area contributed by atoms with E-state index < -0.39 is 11.0 Å². The molecule has 0 bridgehead atoms. The molecule has 43 heavy (non-hydrogen) atoms. The Morgan fingerprint density at radius 1 is 1.16 bits per heavy atom. The molecular weight excluding hydrogens is 560 g/mol. The molecule has 0 saturated carbocycles. The topological polar surface area (TPSA) is 105 Å². The summed E-state index contributed by atoms with van der Waals surface area (Å²) in [5.74, 6) is 7.73. The fourth-order valence-electron chi connectivity index (χ4n) is 6.25. The molecule has 3 heterocycles. The number of anilines is 1. The molecule has 2 atom stereocenters. The fourth-order valence-corrected chi connectivity index (χ4v) is 7.20. The number of ether oxygens (including phenoxy) is 1. The van der Waals surface area contributed by atoms with E-state index >= 15 is 0 Å². The molecule has 1 fully saturated rings. The smallest absolute Gasteiger partial charge is 0.152 e. The summed E-state index contributed by atoms with van der Waals surface area (Å²) in [6.07, 6.45) is 6.24. The largest absolute Gasteiger partial charge is 0.497 e. The summed E-state index contributed by atoms with van der Waals surface area (Å²) >= 11 is 0. The molecule has 1 aliphatic carbocycles. The van der Waals surface area contributed by atoms with E-state index in [2.05, 4.69) is 55.7 Å². The number of hydrogen-bond acceptors (Lipinski definition) is 7. The lowest BCUT2D eigenvalue weighted by Crippen LogP contribution is -2.48. The third-order valence-corrected chi connectivity index (χ3v) is 10.2. The van der Waals surface area contributed by atoms with Gasteiger partial charge in [0.15, 0.2) is 5.82 Å². The minimum Gasteiger partial charge on any atom is -0.497 e. The minimum atomic E-state index is -1.18. The molecule has 0 amide bonds. The number of aliphatic hydroxyl groups is 1. The van der Waals surface area contributed by atoms with Crippen molar-refractivity contribution in [3.8, 4) is 17.6 Å². The molecule has 2 aliphatic rings. The van der Waals surface area contributed by atoms with E-state index in [4.69, 9.17) is 9.72 Å². The summed E-state index contributed by atoms with van der Waals surface area (Å²) in [5.41, 5.74) is 5.44. The van der Waals surface area contributed by atoms with Gasteiger partial charge in [0.25, 0.3) is 0 Å². The Balaban J connectivity index is 1.16. The first-order valence-corrected chi connectivity index (χ1v) is 15.8. The molecule has 2 N–H and O–H groups in total. The molecule has 1 unspecified atom stereocenters. The van der Waals surface area contributed by atoms with Crippen LogP contribution in [0.3, 0.4) is 0 Å². The van der Waals surface area contributed by atoms with E-state index in [1.165, 1.54) is 11.1 Å². The number of rotatable bonds is 6. The number of hydrogen-bond donors (Lipinski definition) is 2. The lowest BCUT2D eigenvalue weighted by Gasteiger charge is -2.44. The van der Waals surface area contributed by atoms with E-state index in [9.17, 15) is 9.32 Å². The van der Waals surface area contributed by atoms with Crippen LogP contribution in [0, 0.1) is 17.3 Å². The number of piperidine rings is 1. The van der Waals surface area contributed by atoms with Crippen molar-refractivity contribution >= 4 is 27.8 Å². The van der Waals surface area contributed by atoms with Crippen LogP contribution in [0.25, 0.3) is 11.0 Å². The zero-order valence-electron chi connectivity index (χ0n) is 25.1. The second-order valence-corrected chi connectivity index (χ2v) is 14.4. The summed E-state index contributed by atoms with van der Waals surface area (Å²) in [4.78, 5) is 16.0. The SMILES string of the molecule is COc1ccc2c(c1)ncn2CC#Cc1cnc(N2CCC3(CC2)Cc2ccccc2[C@H]3NS(=O)C(C)(C)C)c(CO)n1. The second-order valence-electron chi connectivity index (χ2n) is 12.4. The van der Waals surface area contributed by atoms with Gasteiger partial charge in [-0.25, -0.2) is 23.9 Å². The summed E-state index contributed by atoms with van der Waals surface area (Å²) in [7, 11) is 0.460. The molecule has 9 nitrogen and oxygen atoms in total. The van der Waals surface area contributed by atoms with Crippen molar-refractivity contribution in [2.45, 2.75) is 64.0 Å². The zero-order chi connectivity index (χ0) is 30.2. The Labute approximate surface area is 255 Å². The van der Waals surface area contributed by atoms with Gasteiger partial charge in [-0.2, -0.15) is 0 Å².